The summed E-state index contributed by atoms with van der Waals surface area (Å²) in [7, 11) is 0. The molecule has 0 atom stereocenters. The Morgan fingerprint density at radius 2 is 1.95 bits per heavy atom. The Hall–Kier alpha value is -1.26. The van der Waals surface area contributed by atoms with Gasteiger partial charge in [-0.15, -0.1) is 0 Å². The summed E-state index contributed by atoms with van der Waals surface area (Å²) in [6.07, 6.45) is 2.09. The van der Waals surface area contributed by atoms with E-state index in [1.54, 1.807) is 0 Å². The Balaban J connectivity index is 2.05. The number of hydrogen-bond acceptors (Lipinski definition) is 4. The molecule has 19 heavy (non-hydrogen) atoms. The highest BCUT2D eigenvalue weighted by atomic mass is 16.5. The van der Waals surface area contributed by atoms with Crippen molar-refractivity contribution < 1.29 is 9.47 Å². The maximum absolute atomic E-state index is 5.72. The fourth-order valence-corrected chi connectivity index (χ4v) is 2.33. The molecule has 0 bridgehead atoms. The van der Waals surface area contributed by atoms with E-state index in [2.05, 4.69) is 24.0 Å². The molecule has 1 aromatic carbocycles. The molecule has 0 spiro atoms. The first kappa shape index (κ1) is 14.2. The van der Waals surface area contributed by atoms with Crippen LogP contribution in [0.1, 0.15) is 25.3 Å². The number of benzene rings is 1. The summed E-state index contributed by atoms with van der Waals surface area (Å²) in [6, 6.07) is 6.23. The Kier molecular flexibility index (Phi) is 5.48. The van der Waals surface area contributed by atoms with Crippen LogP contribution in [-0.2, 0) is 6.54 Å². The van der Waals surface area contributed by atoms with Gasteiger partial charge >= 0.3 is 0 Å². The monoisotopic (exact) mass is 264 g/mol. The van der Waals surface area contributed by atoms with Crippen molar-refractivity contribution in [2.24, 2.45) is 5.73 Å². The van der Waals surface area contributed by atoms with Crippen LogP contribution in [0.15, 0.2) is 18.2 Å². The molecular formula is C15H24N2O2. The molecule has 0 unspecified atom stereocenters. The van der Waals surface area contributed by atoms with Gasteiger partial charge in [0.05, 0.1) is 13.2 Å². The van der Waals surface area contributed by atoms with E-state index in [1.165, 1.54) is 5.56 Å². The molecule has 1 heterocycles. The second-order valence-electron chi connectivity index (χ2n) is 4.90. The lowest BCUT2D eigenvalue weighted by atomic mass is 10.2. The smallest absolute Gasteiger partial charge is 0.161 e. The van der Waals surface area contributed by atoms with Crippen molar-refractivity contribution >= 4 is 0 Å². The van der Waals surface area contributed by atoms with Gasteiger partial charge in [-0.1, -0.05) is 13.0 Å². The molecule has 2 rings (SSSR count). The van der Waals surface area contributed by atoms with Gasteiger partial charge in [0.1, 0.15) is 0 Å². The third kappa shape index (κ3) is 4.11. The van der Waals surface area contributed by atoms with Crippen LogP contribution >= 0.6 is 0 Å². The predicted octanol–water partition coefficient (Wildman–Crippen LogP) is 2.02. The van der Waals surface area contributed by atoms with Gasteiger partial charge in [-0.25, -0.2) is 0 Å². The van der Waals surface area contributed by atoms with Crippen molar-refractivity contribution in [3.63, 3.8) is 0 Å². The van der Waals surface area contributed by atoms with E-state index in [0.717, 1.165) is 57.2 Å². The van der Waals surface area contributed by atoms with E-state index in [0.29, 0.717) is 6.54 Å². The van der Waals surface area contributed by atoms with Crippen LogP contribution < -0.4 is 15.2 Å². The normalized spacial score (nSPS) is 14.5. The molecule has 0 amide bonds. The summed E-state index contributed by atoms with van der Waals surface area (Å²) < 4.78 is 11.4. The summed E-state index contributed by atoms with van der Waals surface area (Å²) in [5.74, 6) is 1.74. The predicted molar refractivity (Wildman–Crippen MR) is 76.7 cm³/mol. The first-order chi connectivity index (χ1) is 9.33. The molecule has 1 aromatic rings. The maximum Gasteiger partial charge on any atom is 0.161 e. The first-order valence-electron chi connectivity index (χ1n) is 7.14. The van der Waals surface area contributed by atoms with Crippen LogP contribution in [0.3, 0.4) is 0 Å². The SMILES string of the molecule is CCCN(CCN)Cc1ccc2c(c1)OCCCO2. The fraction of sp³-hybridized carbons (Fsp3) is 0.600. The van der Waals surface area contributed by atoms with Gasteiger partial charge in [0.25, 0.3) is 0 Å². The van der Waals surface area contributed by atoms with Crippen molar-refractivity contribution in [3.8, 4) is 11.5 Å². The third-order valence-electron chi connectivity index (χ3n) is 3.20. The van der Waals surface area contributed by atoms with Gasteiger partial charge in [-0.05, 0) is 30.7 Å². The van der Waals surface area contributed by atoms with Crippen LogP contribution in [0, 0.1) is 0 Å². The number of ether oxygens (including phenoxy) is 2. The largest absolute Gasteiger partial charge is 0.490 e. The van der Waals surface area contributed by atoms with Gasteiger partial charge in [0, 0.05) is 26.1 Å². The fourth-order valence-electron chi connectivity index (χ4n) is 2.33. The number of rotatable bonds is 6. The molecule has 1 aliphatic heterocycles. The van der Waals surface area contributed by atoms with Crippen molar-refractivity contribution in [2.45, 2.75) is 26.3 Å². The number of fused-ring (bicyclic) bond motifs is 1. The zero-order valence-corrected chi connectivity index (χ0v) is 11.7. The zero-order chi connectivity index (χ0) is 13.5. The highest BCUT2D eigenvalue weighted by molar-refractivity contribution is 5.43. The van der Waals surface area contributed by atoms with Crippen molar-refractivity contribution in [3.05, 3.63) is 23.8 Å². The molecule has 0 aliphatic carbocycles. The summed E-state index contributed by atoms with van der Waals surface area (Å²) in [4.78, 5) is 2.37. The standard InChI is InChI=1S/C15H24N2O2/c1-2-7-17(8-6-16)12-13-4-5-14-15(11-13)19-10-3-9-18-14/h4-5,11H,2-3,6-10,12,16H2,1H3. The highest BCUT2D eigenvalue weighted by Crippen LogP contribution is 2.30. The second kappa shape index (κ2) is 7.36. The molecular weight excluding hydrogens is 240 g/mol. The zero-order valence-electron chi connectivity index (χ0n) is 11.7. The topological polar surface area (TPSA) is 47.7 Å². The highest BCUT2D eigenvalue weighted by Gasteiger charge is 2.12. The van der Waals surface area contributed by atoms with Gasteiger partial charge in [-0.3, -0.25) is 4.90 Å². The molecule has 0 saturated heterocycles. The number of hydrogen-bond donors (Lipinski definition) is 1. The summed E-state index contributed by atoms with van der Waals surface area (Å²) in [6.45, 7) is 7.29. The molecule has 4 nitrogen and oxygen atoms in total. The van der Waals surface area contributed by atoms with E-state index in [4.69, 9.17) is 15.2 Å². The third-order valence-corrected chi connectivity index (χ3v) is 3.20. The minimum Gasteiger partial charge on any atom is -0.490 e. The molecule has 106 valence electrons. The van der Waals surface area contributed by atoms with E-state index in [1.807, 2.05) is 6.07 Å². The van der Waals surface area contributed by atoms with E-state index >= 15 is 0 Å². The van der Waals surface area contributed by atoms with Gasteiger partial charge in [0.15, 0.2) is 11.5 Å². The maximum atomic E-state index is 5.72. The van der Waals surface area contributed by atoms with Gasteiger partial charge < -0.3 is 15.2 Å². The van der Waals surface area contributed by atoms with Crippen LogP contribution in [0.2, 0.25) is 0 Å². The van der Waals surface area contributed by atoms with E-state index < -0.39 is 0 Å². The van der Waals surface area contributed by atoms with Crippen molar-refractivity contribution in [1.82, 2.24) is 4.90 Å². The average molecular weight is 264 g/mol. The lowest BCUT2D eigenvalue weighted by Gasteiger charge is -2.21. The molecule has 0 aromatic heterocycles. The van der Waals surface area contributed by atoms with Crippen molar-refractivity contribution in [1.29, 1.82) is 0 Å². The first-order valence-corrected chi connectivity index (χ1v) is 7.14. The quantitative estimate of drug-likeness (QED) is 0.854. The Labute approximate surface area is 115 Å². The minimum absolute atomic E-state index is 0.699. The lowest BCUT2D eigenvalue weighted by molar-refractivity contribution is 0.272. The number of nitrogens with two attached hydrogens (primary N) is 1. The summed E-state index contributed by atoms with van der Waals surface area (Å²) in [5.41, 5.74) is 6.91. The molecule has 0 fully saturated rings. The molecule has 0 radical (unpaired) electrons. The molecule has 0 saturated carbocycles. The number of nitrogens with zero attached hydrogens (tertiary/aromatic N) is 1. The van der Waals surface area contributed by atoms with Crippen LogP contribution in [0.25, 0.3) is 0 Å². The Morgan fingerprint density at radius 1 is 1.16 bits per heavy atom. The van der Waals surface area contributed by atoms with E-state index in [-0.39, 0.29) is 0 Å². The lowest BCUT2D eigenvalue weighted by Crippen LogP contribution is -2.29. The molecule has 2 N–H and O–H groups in total. The van der Waals surface area contributed by atoms with Crippen LogP contribution in [0.4, 0.5) is 0 Å². The average Bonchev–Trinajstić information content (AvgIpc) is 2.64. The van der Waals surface area contributed by atoms with Crippen molar-refractivity contribution in [2.75, 3.05) is 32.8 Å². The second-order valence-corrected chi connectivity index (χ2v) is 4.90. The molecule has 4 heteroatoms. The summed E-state index contributed by atoms with van der Waals surface area (Å²) in [5, 5.41) is 0. The van der Waals surface area contributed by atoms with Crippen LogP contribution in [-0.4, -0.2) is 37.7 Å². The van der Waals surface area contributed by atoms with Crippen LogP contribution in [0.5, 0.6) is 11.5 Å². The van der Waals surface area contributed by atoms with Gasteiger partial charge in [0.2, 0.25) is 0 Å². The van der Waals surface area contributed by atoms with Gasteiger partial charge in [-0.2, -0.15) is 0 Å². The Morgan fingerprint density at radius 3 is 2.68 bits per heavy atom. The summed E-state index contributed by atoms with van der Waals surface area (Å²) >= 11 is 0. The Bertz CT molecular complexity index is 390. The molecule has 1 aliphatic rings. The van der Waals surface area contributed by atoms with E-state index in [9.17, 15) is 0 Å². The minimum atomic E-state index is 0.699.